The fourth-order valence-electron chi connectivity index (χ4n) is 6.69. The van der Waals surface area contributed by atoms with Gasteiger partial charge in [0.15, 0.2) is 0 Å². The predicted molar refractivity (Wildman–Crippen MR) is 127 cm³/mol. The van der Waals surface area contributed by atoms with E-state index in [2.05, 4.69) is 13.8 Å². The van der Waals surface area contributed by atoms with Crippen LogP contribution in [0.15, 0.2) is 24.3 Å². The van der Waals surface area contributed by atoms with Gasteiger partial charge in [-0.3, -0.25) is 14.5 Å². The maximum atomic E-state index is 13.5. The Bertz CT molecular complexity index is 1080. The van der Waals surface area contributed by atoms with Crippen molar-refractivity contribution in [3.05, 3.63) is 29.8 Å². The first-order valence-corrected chi connectivity index (χ1v) is 14.2. The number of nitrogens with zero attached hydrogens (tertiary/aromatic N) is 2. The van der Waals surface area contributed by atoms with Gasteiger partial charge in [0.1, 0.15) is 5.78 Å². The number of aryl methyl sites for hydroxylation is 1. The number of piperidine rings is 1. The molecular weight excluding hydrogens is 444 g/mol. The lowest BCUT2D eigenvalue weighted by Gasteiger charge is -2.44. The highest BCUT2D eigenvalue weighted by Gasteiger charge is 2.65. The van der Waals surface area contributed by atoms with Gasteiger partial charge >= 0.3 is 0 Å². The van der Waals surface area contributed by atoms with Crippen LogP contribution in [0.3, 0.4) is 0 Å². The number of rotatable bonds is 4. The Morgan fingerprint density at radius 2 is 1.84 bits per heavy atom. The topological polar surface area (TPSA) is 74.8 Å². The van der Waals surface area contributed by atoms with E-state index in [9.17, 15) is 18.0 Å². The lowest BCUT2D eigenvalue weighted by Crippen LogP contribution is -2.55. The fourth-order valence-corrected chi connectivity index (χ4v) is 10.2. The van der Waals surface area contributed by atoms with Crippen molar-refractivity contribution >= 4 is 39.2 Å². The summed E-state index contributed by atoms with van der Waals surface area (Å²) in [7, 11) is -3.56. The summed E-state index contributed by atoms with van der Waals surface area (Å²) in [6, 6.07) is 7.96. The van der Waals surface area contributed by atoms with Gasteiger partial charge in [0.2, 0.25) is 15.9 Å². The van der Waals surface area contributed by atoms with E-state index >= 15 is 0 Å². The number of anilines is 1. The molecule has 1 amide bonds. The van der Waals surface area contributed by atoms with Crippen LogP contribution >= 0.6 is 11.8 Å². The van der Waals surface area contributed by atoms with Gasteiger partial charge in [-0.05, 0) is 61.6 Å². The van der Waals surface area contributed by atoms with Crippen molar-refractivity contribution in [2.24, 2.45) is 16.7 Å². The minimum atomic E-state index is -3.56. The van der Waals surface area contributed by atoms with Gasteiger partial charge in [-0.1, -0.05) is 26.0 Å². The molecule has 6 nitrogen and oxygen atoms in total. The molecular formula is C24H32N2O4S2. The van der Waals surface area contributed by atoms with E-state index in [4.69, 9.17) is 0 Å². The molecule has 2 saturated carbocycles. The maximum Gasteiger partial charge on any atom is 0.238 e. The summed E-state index contributed by atoms with van der Waals surface area (Å²) in [6.07, 6.45) is 3.36. The van der Waals surface area contributed by atoms with Gasteiger partial charge < -0.3 is 0 Å². The van der Waals surface area contributed by atoms with Crippen LogP contribution in [0.1, 0.15) is 51.5 Å². The van der Waals surface area contributed by atoms with Crippen LogP contribution in [0.25, 0.3) is 0 Å². The van der Waals surface area contributed by atoms with Gasteiger partial charge in [-0.25, -0.2) is 12.7 Å². The molecule has 2 unspecified atom stereocenters. The first-order valence-electron chi connectivity index (χ1n) is 11.6. The van der Waals surface area contributed by atoms with Crippen LogP contribution in [0.5, 0.6) is 0 Å². The zero-order chi connectivity index (χ0) is 22.9. The molecule has 0 aromatic heterocycles. The molecule has 8 heteroatoms. The summed E-state index contributed by atoms with van der Waals surface area (Å²) in [5, 5.41) is 0. The van der Waals surface area contributed by atoms with Crippen molar-refractivity contribution in [1.29, 1.82) is 0 Å². The van der Waals surface area contributed by atoms with Gasteiger partial charge in [0.25, 0.3) is 0 Å². The van der Waals surface area contributed by atoms with E-state index in [1.165, 1.54) is 0 Å². The number of thioether (sulfide) groups is 1. The van der Waals surface area contributed by atoms with Crippen LogP contribution in [0, 0.1) is 23.7 Å². The van der Waals surface area contributed by atoms with Crippen LogP contribution in [-0.2, 0) is 19.6 Å². The second kappa shape index (κ2) is 7.31. The molecule has 4 fully saturated rings. The fraction of sp³-hybridized carbons (Fsp3) is 0.667. The molecule has 0 radical (unpaired) electrons. The highest BCUT2D eigenvalue weighted by Crippen LogP contribution is 2.64. The Labute approximate surface area is 195 Å². The van der Waals surface area contributed by atoms with E-state index in [-0.39, 0.29) is 22.9 Å². The minimum absolute atomic E-state index is 0.0665. The molecule has 0 N–H and O–H groups in total. The summed E-state index contributed by atoms with van der Waals surface area (Å²) >= 11 is 1.64. The maximum absolute atomic E-state index is 13.5. The summed E-state index contributed by atoms with van der Waals surface area (Å²) in [5.74, 6) is 0.889. The lowest BCUT2D eigenvalue weighted by molar-refractivity contribution is -0.128. The van der Waals surface area contributed by atoms with Crippen molar-refractivity contribution in [3.63, 3.8) is 0 Å². The zero-order valence-electron chi connectivity index (χ0n) is 19.1. The Hall–Kier alpha value is -1.38. The second-order valence-electron chi connectivity index (χ2n) is 10.6. The van der Waals surface area contributed by atoms with Gasteiger partial charge in [-0.2, -0.15) is 0 Å². The minimum Gasteiger partial charge on any atom is -0.299 e. The first kappa shape index (κ1) is 22.4. The molecule has 1 aromatic rings. The second-order valence-corrected chi connectivity index (χ2v) is 13.9. The Kier molecular flexibility index (Phi) is 5.12. The normalized spacial score (nSPS) is 31.7. The molecule has 2 aliphatic heterocycles. The monoisotopic (exact) mass is 476 g/mol. The third-order valence-electron chi connectivity index (χ3n) is 8.85. The quantitative estimate of drug-likeness (QED) is 0.664. The standard InChI is InChI=1S/C24H32N2O4S2/c1-17-5-4-6-19(13-17)26-21(28)15-31-24(26)9-11-25(12-10-24)32(29,30)16-23-8-7-18(14-20(23)27)22(23,2)3/h4-6,13,18H,7-12,14-16H2,1-3H3. The van der Waals surface area contributed by atoms with Gasteiger partial charge in [-0.15, -0.1) is 11.8 Å². The first-order chi connectivity index (χ1) is 15.0. The summed E-state index contributed by atoms with van der Waals surface area (Å²) in [6.45, 7) is 6.95. The number of carbonyl (C=O) groups excluding carboxylic acids is 2. The molecule has 2 saturated heterocycles. The molecule has 1 spiro atoms. The van der Waals surface area contributed by atoms with Gasteiger partial charge in [0.05, 0.1) is 16.4 Å². The third-order valence-corrected chi connectivity index (χ3v) is 12.4. The highest BCUT2D eigenvalue weighted by molar-refractivity contribution is 8.02. The van der Waals surface area contributed by atoms with Crippen molar-refractivity contribution in [3.8, 4) is 0 Å². The number of amides is 1. The molecule has 32 heavy (non-hydrogen) atoms. The number of fused-ring (bicyclic) bond motifs is 2. The van der Waals surface area contributed by atoms with E-state index in [1.807, 2.05) is 36.1 Å². The number of ketones is 1. The van der Waals surface area contributed by atoms with E-state index in [1.54, 1.807) is 16.1 Å². The van der Waals surface area contributed by atoms with Crippen molar-refractivity contribution in [2.45, 2.75) is 57.7 Å². The SMILES string of the molecule is Cc1cccc(N2C(=O)CSC23CCN(S(=O)(=O)CC24CCC(CC2=O)C4(C)C)CC3)c1. The third kappa shape index (κ3) is 3.12. The Balaban J connectivity index is 1.35. The molecule has 174 valence electrons. The number of Topliss-reactive ketones (excluding diaryl/α,β-unsaturated/α-hetero) is 1. The molecule has 4 aliphatic rings. The number of benzene rings is 1. The summed E-state index contributed by atoms with van der Waals surface area (Å²) in [4.78, 5) is 27.2. The van der Waals surface area contributed by atoms with E-state index < -0.39 is 20.3 Å². The van der Waals surface area contributed by atoms with Crippen LogP contribution < -0.4 is 4.90 Å². The number of sulfonamides is 1. The van der Waals surface area contributed by atoms with Crippen molar-refractivity contribution in [2.75, 3.05) is 29.5 Å². The number of hydrogen-bond donors (Lipinski definition) is 0. The van der Waals surface area contributed by atoms with Crippen LogP contribution in [0.4, 0.5) is 5.69 Å². The highest BCUT2D eigenvalue weighted by atomic mass is 32.2. The van der Waals surface area contributed by atoms with Crippen molar-refractivity contribution < 1.29 is 18.0 Å². The average molecular weight is 477 g/mol. The number of hydrogen-bond acceptors (Lipinski definition) is 5. The summed E-state index contributed by atoms with van der Waals surface area (Å²) < 4.78 is 28.6. The average Bonchev–Trinajstić information content (AvgIpc) is 3.23. The molecule has 5 rings (SSSR count). The molecule has 2 atom stereocenters. The molecule has 1 aromatic carbocycles. The lowest BCUT2D eigenvalue weighted by atomic mass is 9.70. The molecule has 2 aliphatic carbocycles. The van der Waals surface area contributed by atoms with E-state index in [0.717, 1.165) is 17.7 Å². The zero-order valence-corrected chi connectivity index (χ0v) is 20.7. The van der Waals surface area contributed by atoms with Crippen LogP contribution in [-0.4, -0.2) is 53.9 Å². The predicted octanol–water partition coefficient (Wildman–Crippen LogP) is 3.59. The van der Waals surface area contributed by atoms with Gasteiger partial charge in [0, 0.05) is 30.6 Å². The van der Waals surface area contributed by atoms with Crippen molar-refractivity contribution in [1.82, 2.24) is 4.31 Å². The molecule has 2 bridgehead atoms. The van der Waals surface area contributed by atoms with E-state index in [0.29, 0.717) is 50.4 Å². The largest absolute Gasteiger partial charge is 0.299 e. The molecule has 2 heterocycles. The summed E-state index contributed by atoms with van der Waals surface area (Å²) in [5.41, 5.74) is 0.993. The Morgan fingerprint density at radius 3 is 2.44 bits per heavy atom. The number of carbonyl (C=O) groups is 2. The van der Waals surface area contributed by atoms with Crippen LogP contribution in [0.2, 0.25) is 0 Å². The smallest absolute Gasteiger partial charge is 0.238 e. The Morgan fingerprint density at radius 1 is 1.12 bits per heavy atom.